The van der Waals surface area contributed by atoms with Gasteiger partial charge in [0.15, 0.2) is 11.5 Å². The van der Waals surface area contributed by atoms with Crippen LogP contribution in [0.25, 0.3) is 16.9 Å². The molecule has 0 aliphatic carbocycles. The third kappa shape index (κ3) is 4.75. The molecule has 4 heterocycles. The number of aromatic nitrogens is 5. The molecule has 1 aromatic carbocycles. The molecular weight excluding hydrogens is 484 g/mol. The van der Waals surface area contributed by atoms with Crippen LogP contribution < -0.4 is 15.8 Å². The van der Waals surface area contributed by atoms with Gasteiger partial charge in [0, 0.05) is 49.9 Å². The van der Waals surface area contributed by atoms with E-state index in [1.54, 1.807) is 22.9 Å². The fourth-order valence-corrected chi connectivity index (χ4v) is 4.62. The second kappa shape index (κ2) is 10.5. The predicted octanol–water partition coefficient (Wildman–Crippen LogP) is 2.75. The highest BCUT2D eigenvalue weighted by atomic mass is 16.5. The van der Waals surface area contributed by atoms with E-state index in [1.807, 2.05) is 6.07 Å². The van der Waals surface area contributed by atoms with Crippen LogP contribution in [0.15, 0.2) is 60.2 Å². The van der Waals surface area contributed by atoms with Crippen molar-refractivity contribution >= 4 is 34.3 Å². The fraction of sp³-hybridized carbons (Fsp3) is 0.296. The van der Waals surface area contributed by atoms with Crippen molar-refractivity contribution in [1.29, 1.82) is 0 Å². The number of allylic oxidation sites excluding steroid dienone is 1. The molecule has 38 heavy (non-hydrogen) atoms. The van der Waals surface area contributed by atoms with Gasteiger partial charge in [0.2, 0.25) is 5.95 Å². The lowest BCUT2D eigenvalue weighted by atomic mass is 10.1. The lowest BCUT2D eigenvalue weighted by molar-refractivity contribution is 0.0600. The van der Waals surface area contributed by atoms with Crippen molar-refractivity contribution in [2.45, 2.75) is 13.5 Å². The molecule has 1 fully saturated rings. The second-order valence-corrected chi connectivity index (χ2v) is 9.23. The molecule has 1 N–H and O–H groups in total. The van der Waals surface area contributed by atoms with E-state index >= 15 is 0 Å². The van der Waals surface area contributed by atoms with Crippen LogP contribution in [0, 0.1) is 6.92 Å². The Kier molecular flexibility index (Phi) is 6.93. The smallest absolute Gasteiger partial charge is 0.339 e. The number of methoxy groups -OCH3 is 1. The Morgan fingerprint density at radius 2 is 1.92 bits per heavy atom. The first-order valence-corrected chi connectivity index (χ1v) is 12.3. The molecule has 0 radical (unpaired) electrons. The van der Waals surface area contributed by atoms with Gasteiger partial charge in [0.25, 0.3) is 5.56 Å². The first-order valence-electron chi connectivity index (χ1n) is 12.3. The van der Waals surface area contributed by atoms with E-state index in [1.165, 1.54) is 29.9 Å². The summed E-state index contributed by atoms with van der Waals surface area (Å²) in [6.07, 6.45) is 4.54. The zero-order valence-electron chi connectivity index (χ0n) is 21.7. The molecule has 1 saturated heterocycles. The van der Waals surface area contributed by atoms with Crippen LogP contribution in [0.2, 0.25) is 0 Å². The Morgan fingerprint density at radius 1 is 1.13 bits per heavy atom. The number of hydrogen-bond acceptors (Lipinski definition) is 9. The van der Waals surface area contributed by atoms with Gasteiger partial charge >= 0.3 is 5.97 Å². The number of piperazine rings is 1. The van der Waals surface area contributed by atoms with Crippen LogP contribution in [0.5, 0.6) is 0 Å². The molecule has 0 saturated carbocycles. The third-order valence-corrected chi connectivity index (χ3v) is 6.66. The number of carbonyl (C=O) groups is 1. The van der Waals surface area contributed by atoms with Crippen molar-refractivity contribution in [3.05, 3.63) is 76.9 Å². The van der Waals surface area contributed by atoms with Gasteiger partial charge < -0.3 is 19.9 Å². The van der Waals surface area contributed by atoms with Gasteiger partial charge in [0.05, 0.1) is 19.2 Å². The maximum absolute atomic E-state index is 13.1. The molecule has 11 heteroatoms. The minimum absolute atomic E-state index is 0.241. The molecular formula is C27H30N8O3. The summed E-state index contributed by atoms with van der Waals surface area (Å²) in [4.78, 5) is 43.2. The first kappa shape index (κ1) is 25.2. The number of ether oxygens (including phenoxy) is 1. The van der Waals surface area contributed by atoms with Crippen molar-refractivity contribution in [2.24, 2.45) is 0 Å². The van der Waals surface area contributed by atoms with Gasteiger partial charge in [-0.05, 0) is 49.9 Å². The third-order valence-electron chi connectivity index (χ3n) is 6.66. The Morgan fingerprint density at radius 3 is 2.58 bits per heavy atom. The minimum Gasteiger partial charge on any atom is -0.465 e. The van der Waals surface area contributed by atoms with Gasteiger partial charge in [-0.2, -0.15) is 4.98 Å². The van der Waals surface area contributed by atoms with E-state index in [0.717, 1.165) is 37.4 Å². The highest BCUT2D eigenvalue weighted by Gasteiger charge is 2.19. The molecule has 0 atom stereocenters. The van der Waals surface area contributed by atoms with Crippen molar-refractivity contribution in [1.82, 2.24) is 29.2 Å². The molecule has 0 bridgehead atoms. The highest BCUT2D eigenvalue weighted by Crippen LogP contribution is 2.26. The van der Waals surface area contributed by atoms with E-state index < -0.39 is 5.97 Å². The van der Waals surface area contributed by atoms with Crippen LogP contribution >= 0.6 is 0 Å². The lowest BCUT2D eigenvalue weighted by Crippen LogP contribution is -2.44. The highest BCUT2D eigenvalue weighted by molar-refractivity contribution is 5.89. The van der Waals surface area contributed by atoms with Gasteiger partial charge in [-0.3, -0.25) is 4.79 Å². The monoisotopic (exact) mass is 514 g/mol. The summed E-state index contributed by atoms with van der Waals surface area (Å²) < 4.78 is 7.84. The summed E-state index contributed by atoms with van der Waals surface area (Å²) >= 11 is 0. The van der Waals surface area contributed by atoms with Crippen molar-refractivity contribution in [2.75, 3.05) is 50.6 Å². The quantitative estimate of drug-likeness (QED) is 0.294. The largest absolute Gasteiger partial charge is 0.465 e. The van der Waals surface area contributed by atoms with Crippen LogP contribution in [0.4, 0.5) is 17.3 Å². The summed E-state index contributed by atoms with van der Waals surface area (Å²) in [6.45, 7) is 10.2. The molecule has 0 amide bonds. The number of nitrogens with zero attached hydrogens (tertiary/aromatic N) is 7. The molecule has 11 nitrogen and oxygen atoms in total. The zero-order valence-corrected chi connectivity index (χ0v) is 21.7. The minimum atomic E-state index is -0.493. The molecule has 0 spiro atoms. The summed E-state index contributed by atoms with van der Waals surface area (Å²) in [5, 5.41) is 3.62. The van der Waals surface area contributed by atoms with Gasteiger partial charge in [0.1, 0.15) is 5.39 Å². The first-order chi connectivity index (χ1) is 18.4. The zero-order chi connectivity index (χ0) is 26.8. The molecule has 0 unspecified atom stereocenters. The van der Waals surface area contributed by atoms with Gasteiger partial charge in [-0.25, -0.2) is 24.1 Å². The average molecular weight is 515 g/mol. The SMILES string of the molecule is C=CCn1c(=O)c2cnc(Nc3ccc(N4CCN(C)CC4)c(C)c3)nc2n1-c1ccc(C(=O)OC)cn1. The fourth-order valence-electron chi connectivity index (χ4n) is 4.62. The summed E-state index contributed by atoms with van der Waals surface area (Å²) in [5.74, 6) is 0.274. The standard InChI is InChI=1S/C27H30N8O3/c1-5-10-34-25(36)21-17-29-27(31-24(21)35(34)23-9-6-19(16-28-23)26(37)38-4)30-20-7-8-22(18(2)15-20)33-13-11-32(3)12-14-33/h5-9,15-17H,1,10-14H2,2-4H3,(H,29,30,31). The number of nitrogens with one attached hydrogen (secondary N) is 1. The Balaban J connectivity index is 1.49. The number of fused-ring (bicyclic) bond motifs is 1. The number of anilines is 3. The number of benzene rings is 1. The van der Waals surface area contributed by atoms with Gasteiger partial charge in [-0.15, -0.1) is 6.58 Å². The molecule has 1 aliphatic rings. The summed E-state index contributed by atoms with van der Waals surface area (Å²) in [5.41, 5.74) is 3.65. The van der Waals surface area contributed by atoms with E-state index in [-0.39, 0.29) is 12.1 Å². The van der Waals surface area contributed by atoms with Crippen molar-refractivity contribution < 1.29 is 9.53 Å². The number of rotatable bonds is 7. The number of carbonyl (C=O) groups excluding carboxylic acids is 1. The molecule has 5 rings (SSSR count). The van der Waals surface area contributed by atoms with E-state index in [9.17, 15) is 9.59 Å². The van der Waals surface area contributed by atoms with E-state index in [4.69, 9.17) is 4.74 Å². The normalized spacial score (nSPS) is 14.0. The van der Waals surface area contributed by atoms with Crippen LogP contribution in [0.3, 0.4) is 0 Å². The summed E-state index contributed by atoms with van der Waals surface area (Å²) in [6, 6.07) is 9.43. The Bertz CT molecular complexity index is 1550. The maximum atomic E-state index is 13.1. The average Bonchev–Trinajstić information content (AvgIpc) is 3.20. The van der Waals surface area contributed by atoms with Crippen molar-refractivity contribution in [3.8, 4) is 5.82 Å². The molecule has 1 aliphatic heterocycles. The van der Waals surface area contributed by atoms with Crippen molar-refractivity contribution in [3.63, 3.8) is 0 Å². The molecule has 4 aromatic rings. The lowest BCUT2D eigenvalue weighted by Gasteiger charge is -2.35. The number of pyridine rings is 1. The number of esters is 1. The van der Waals surface area contributed by atoms with Crippen LogP contribution in [-0.4, -0.2) is 75.5 Å². The Hall–Kier alpha value is -4.51. The maximum Gasteiger partial charge on any atom is 0.339 e. The van der Waals surface area contributed by atoms with Crippen LogP contribution in [-0.2, 0) is 11.3 Å². The van der Waals surface area contributed by atoms with Gasteiger partial charge in [-0.1, -0.05) is 6.08 Å². The summed E-state index contributed by atoms with van der Waals surface area (Å²) in [7, 11) is 3.46. The second-order valence-electron chi connectivity index (χ2n) is 9.23. The van der Waals surface area contributed by atoms with E-state index in [0.29, 0.717) is 28.4 Å². The number of likely N-dealkylation sites (N-methyl/N-ethyl adjacent to an activating group) is 1. The number of aryl methyl sites for hydroxylation is 1. The number of hydrogen-bond donors (Lipinski definition) is 1. The van der Waals surface area contributed by atoms with Crippen LogP contribution in [0.1, 0.15) is 15.9 Å². The molecule has 196 valence electrons. The Labute approximate surface area is 220 Å². The van der Waals surface area contributed by atoms with E-state index in [2.05, 4.69) is 62.8 Å². The predicted molar refractivity (Wildman–Crippen MR) is 147 cm³/mol. The topological polar surface area (TPSA) is 110 Å². The molecule has 3 aromatic heterocycles.